The molecular weight excluding hydrogens is 683 g/mol. The van der Waals surface area contributed by atoms with Gasteiger partial charge >= 0.3 is 37.9 Å². The SMILES string of the molecule is CC(C)C1CC2C(c3ccccc3)=CC=CC2C1[Si](C)(C)C1C(C)CC2C(c3ccccc3)=C3CCCC3=CC21.[CH3-].[CH3-].[Cl][Zr+2][Cl]. The van der Waals surface area contributed by atoms with Crippen molar-refractivity contribution in [2.75, 3.05) is 0 Å². The van der Waals surface area contributed by atoms with Gasteiger partial charge in [-0.3, -0.25) is 0 Å². The van der Waals surface area contributed by atoms with Gasteiger partial charge in [-0.1, -0.05) is 119 Å². The van der Waals surface area contributed by atoms with E-state index in [2.05, 4.69) is 119 Å². The third-order valence-electron chi connectivity index (χ3n) is 12.1. The molecule has 7 rings (SSSR count). The van der Waals surface area contributed by atoms with Crippen LogP contribution in [0, 0.1) is 56.3 Å². The molecule has 240 valence electrons. The molecule has 45 heavy (non-hydrogen) atoms. The Morgan fingerprint density at radius 1 is 0.800 bits per heavy atom. The number of allylic oxidation sites excluding steroid dienone is 8. The average Bonchev–Trinajstić information content (AvgIpc) is 3.72. The third-order valence-corrected chi connectivity index (χ3v) is 17.3. The zero-order valence-electron chi connectivity index (χ0n) is 28.6. The molecule has 2 aromatic carbocycles. The summed E-state index contributed by atoms with van der Waals surface area (Å²) in [5.74, 6) is 5.18. The Morgan fingerprint density at radius 2 is 1.42 bits per heavy atom. The molecule has 0 nitrogen and oxygen atoms in total. The van der Waals surface area contributed by atoms with Gasteiger partial charge in [-0.15, -0.1) is 0 Å². The van der Waals surface area contributed by atoms with Crippen LogP contribution in [0.5, 0.6) is 0 Å². The summed E-state index contributed by atoms with van der Waals surface area (Å²) >= 11 is -0.826. The molecule has 0 radical (unpaired) electrons. The van der Waals surface area contributed by atoms with Crippen molar-refractivity contribution in [3.8, 4) is 0 Å². The van der Waals surface area contributed by atoms with Crippen LogP contribution in [0.2, 0.25) is 24.2 Å². The van der Waals surface area contributed by atoms with Gasteiger partial charge in [-0.25, -0.2) is 0 Å². The van der Waals surface area contributed by atoms with E-state index in [1.807, 2.05) is 0 Å². The topological polar surface area (TPSA) is 0 Å². The molecule has 0 aromatic heterocycles. The van der Waals surface area contributed by atoms with Crippen LogP contribution >= 0.6 is 17.0 Å². The average molecular weight is 737 g/mol. The van der Waals surface area contributed by atoms with Crippen molar-refractivity contribution in [1.82, 2.24) is 0 Å². The second-order valence-electron chi connectivity index (χ2n) is 14.8. The summed E-state index contributed by atoms with van der Waals surface area (Å²) < 4.78 is 0. The number of rotatable bonds is 5. The molecule has 5 aliphatic carbocycles. The molecule has 0 heterocycles. The Hall–Kier alpha value is -0.920. The molecule has 0 spiro atoms. The van der Waals surface area contributed by atoms with Crippen molar-refractivity contribution in [1.29, 1.82) is 0 Å². The first-order chi connectivity index (χ1) is 20.8. The molecule has 2 aromatic rings. The predicted molar refractivity (Wildman–Crippen MR) is 199 cm³/mol. The van der Waals surface area contributed by atoms with Crippen LogP contribution in [-0.2, 0) is 20.8 Å². The maximum atomic E-state index is 4.93. The summed E-state index contributed by atoms with van der Waals surface area (Å²) in [6, 6.07) is 22.8. The summed E-state index contributed by atoms with van der Waals surface area (Å²) in [4.78, 5) is 0. The van der Waals surface area contributed by atoms with E-state index < -0.39 is 28.9 Å². The molecule has 8 atom stereocenters. The van der Waals surface area contributed by atoms with Crippen LogP contribution in [0.3, 0.4) is 0 Å². The molecule has 0 saturated heterocycles. The zero-order chi connectivity index (χ0) is 30.3. The normalized spacial score (nSPS) is 31.3. The van der Waals surface area contributed by atoms with E-state index in [0.29, 0.717) is 17.8 Å². The van der Waals surface area contributed by atoms with Gasteiger partial charge in [0.2, 0.25) is 0 Å². The van der Waals surface area contributed by atoms with E-state index in [-0.39, 0.29) is 14.9 Å². The minimum atomic E-state index is -1.69. The molecule has 3 saturated carbocycles. The van der Waals surface area contributed by atoms with Crippen LogP contribution in [-0.4, -0.2) is 8.07 Å². The number of hydrogen-bond acceptors (Lipinski definition) is 0. The number of halogens is 2. The van der Waals surface area contributed by atoms with Crippen molar-refractivity contribution in [3.05, 3.63) is 122 Å². The van der Waals surface area contributed by atoms with Crippen molar-refractivity contribution in [2.45, 2.75) is 77.1 Å². The monoisotopic (exact) mass is 734 g/mol. The van der Waals surface area contributed by atoms with Gasteiger partial charge in [0.05, 0.1) is 8.07 Å². The first-order valence-electron chi connectivity index (χ1n) is 16.7. The van der Waals surface area contributed by atoms with Gasteiger partial charge in [-0.05, 0) is 118 Å². The van der Waals surface area contributed by atoms with Crippen molar-refractivity contribution in [3.63, 3.8) is 0 Å². The van der Waals surface area contributed by atoms with Crippen LogP contribution in [0.15, 0.2) is 96.1 Å². The standard InChI is InChI=1S/C39H48Si.2CH3.2ClH.Zr/c1-25(2)33-24-34-30(27-14-8-6-9-15-27)19-13-21-32(34)39(33)40(4,5)38-26(3)22-35-36(38)23-29-18-12-20-31(29)37(35)28-16-10-7-11-17-28;;;;;/h6-11,13-17,19,21,23,25-26,32-36,38-39H,12,18,20,22,24H2,1-5H3;2*1H3;2*1H;/q;2*-1;;;+4/p-2. The van der Waals surface area contributed by atoms with Crippen LogP contribution in [0.4, 0.5) is 0 Å². The second-order valence-corrected chi connectivity index (χ2v) is 23.6. The summed E-state index contributed by atoms with van der Waals surface area (Å²) in [7, 11) is 8.17. The van der Waals surface area contributed by atoms with Gasteiger partial charge in [0.15, 0.2) is 0 Å². The molecule has 5 aliphatic rings. The molecule has 8 unspecified atom stereocenters. The molecule has 0 N–H and O–H groups in total. The van der Waals surface area contributed by atoms with Gasteiger partial charge in [-0.2, -0.15) is 0 Å². The van der Waals surface area contributed by atoms with E-state index in [1.165, 1.54) is 43.2 Å². The summed E-state index contributed by atoms with van der Waals surface area (Å²) in [5.41, 5.74) is 11.5. The van der Waals surface area contributed by atoms with Crippen LogP contribution in [0.25, 0.3) is 11.1 Å². The van der Waals surface area contributed by atoms with Crippen LogP contribution < -0.4 is 0 Å². The molecular formula is C41H54Cl2SiZr. The first kappa shape index (κ1) is 36.9. The van der Waals surface area contributed by atoms with Crippen molar-refractivity contribution >= 4 is 36.2 Å². The Balaban J connectivity index is 0.000000888. The molecule has 4 heteroatoms. The molecule has 3 fully saturated rings. The molecule has 0 bridgehead atoms. The fourth-order valence-electron chi connectivity index (χ4n) is 10.8. The van der Waals surface area contributed by atoms with Gasteiger partial charge < -0.3 is 14.9 Å². The fourth-order valence-corrected chi connectivity index (χ4v) is 17.2. The Labute approximate surface area is 295 Å². The van der Waals surface area contributed by atoms with Gasteiger partial charge in [0.1, 0.15) is 0 Å². The molecule has 0 aliphatic heterocycles. The quantitative estimate of drug-likeness (QED) is 0.212. The Morgan fingerprint density at radius 3 is 2.04 bits per heavy atom. The third kappa shape index (κ3) is 6.84. The Kier molecular flexibility index (Phi) is 12.7. The van der Waals surface area contributed by atoms with E-state index in [0.717, 1.165) is 34.8 Å². The van der Waals surface area contributed by atoms with E-state index in [9.17, 15) is 0 Å². The second kappa shape index (κ2) is 15.5. The molecule has 0 amide bonds. The van der Waals surface area contributed by atoms with Crippen molar-refractivity contribution < 1.29 is 20.8 Å². The zero-order valence-corrected chi connectivity index (χ0v) is 33.5. The van der Waals surface area contributed by atoms with E-state index in [1.54, 1.807) is 22.3 Å². The fraction of sp³-hybridized carbons (Fsp3) is 0.463. The summed E-state index contributed by atoms with van der Waals surface area (Å²) in [5, 5.41) is 0. The summed E-state index contributed by atoms with van der Waals surface area (Å²) in [6.07, 6.45) is 17.1. The number of benzene rings is 2. The minimum absolute atomic E-state index is 0. The van der Waals surface area contributed by atoms with Crippen molar-refractivity contribution in [2.24, 2.45) is 41.4 Å². The van der Waals surface area contributed by atoms with Gasteiger partial charge in [0, 0.05) is 0 Å². The predicted octanol–water partition coefficient (Wildman–Crippen LogP) is 13.1. The van der Waals surface area contributed by atoms with Crippen LogP contribution in [0.1, 0.15) is 64.0 Å². The van der Waals surface area contributed by atoms with Gasteiger partial charge in [0.25, 0.3) is 0 Å². The number of hydrogen-bond donors (Lipinski definition) is 0. The first-order valence-corrected chi connectivity index (χ1v) is 26.2. The maximum absolute atomic E-state index is 4.93. The Bertz CT molecular complexity index is 1410. The number of fused-ring (bicyclic) bond motifs is 3. The summed E-state index contributed by atoms with van der Waals surface area (Å²) in [6.45, 7) is 13.4. The van der Waals surface area contributed by atoms with E-state index >= 15 is 0 Å². The van der Waals surface area contributed by atoms with E-state index in [4.69, 9.17) is 17.0 Å².